The van der Waals surface area contributed by atoms with Gasteiger partial charge in [0.1, 0.15) is 0 Å². The van der Waals surface area contributed by atoms with E-state index < -0.39 is 0 Å². The van der Waals surface area contributed by atoms with Gasteiger partial charge in [-0.05, 0) is 32.3 Å². The van der Waals surface area contributed by atoms with Gasteiger partial charge in [-0.15, -0.1) is 0 Å². The second-order valence-corrected chi connectivity index (χ2v) is 3.38. The summed E-state index contributed by atoms with van der Waals surface area (Å²) >= 11 is 0. The summed E-state index contributed by atoms with van der Waals surface area (Å²) in [6.45, 7) is 3.92. The van der Waals surface area contributed by atoms with E-state index in [0.717, 1.165) is 12.8 Å². The molecule has 0 saturated carbocycles. The highest BCUT2D eigenvalue weighted by molar-refractivity contribution is 5.22. The van der Waals surface area contributed by atoms with Crippen molar-refractivity contribution in [1.29, 1.82) is 0 Å². The molecule has 1 heteroatoms. The minimum absolute atomic E-state index is 0.189. The molecule has 1 rings (SSSR count). The van der Waals surface area contributed by atoms with Crippen molar-refractivity contribution in [3.63, 3.8) is 0 Å². The van der Waals surface area contributed by atoms with Gasteiger partial charge in [-0.25, -0.2) is 0 Å². The van der Waals surface area contributed by atoms with E-state index in [1.807, 2.05) is 6.92 Å². The summed E-state index contributed by atoms with van der Waals surface area (Å²) in [6, 6.07) is 8.43. The lowest BCUT2D eigenvalue weighted by molar-refractivity contribution is 0.185. The number of benzene rings is 1. The Hall–Kier alpha value is -0.820. The average molecular weight is 164 g/mol. The molecule has 0 aliphatic carbocycles. The molecule has 1 aromatic rings. The average Bonchev–Trinajstić information content (AvgIpc) is 2.01. The molecule has 1 atom stereocenters. The van der Waals surface area contributed by atoms with Crippen molar-refractivity contribution in [3.05, 3.63) is 35.4 Å². The molecule has 0 aromatic heterocycles. The van der Waals surface area contributed by atoms with Gasteiger partial charge in [0.2, 0.25) is 0 Å². The van der Waals surface area contributed by atoms with Crippen LogP contribution in [0.3, 0.4) is 0 Å². The second-order valence-electron chi connectivity index (χ2n) is 3.38. The van der Waals surface area contributed by atoms with Crippen LogP contribution < -0.4 is 0 Å². The van der Waals surface area contributed by atoms with E-state index in [2.05, 4.69) is 31.2 Å². The molecule has 0 heterocycles. The van der Waals surface area contributed by atoms with E-state index in [0.29, 0.717) is 0 Å². The molecular formula is C11H16O. The van der Waals surface area contributed by atoms with Crippen LogP contribution in [-0.4, -0.2) is 11.2 Å². The Labute approximate surface area is 74.1 Å². The monoisotopic (exact) mass is 164 g/mol. The van der Waals surface area contributed by atoms with Gasteiger partial charge in [-0.3, -0.25) is 0 Å². The summed E-state index contributed by atoms with van der Waals surface area (Å²) in [5, 5.41) is 9.08. The van der Waals surface area contributed by atoms with E-state index in [9.17, 15) is 0 Å². The minimum Gasteiger partial charge on any atom is -0.393 e. The minimum atomic E-state index is -0.189. The van der Waals surface area contributed by atoms with Crippen molar-refractivity contribution in [1.82, 2.24) is 0 Å². The summed E-state index contributed by atoms with van der Waals surface area (Å²) in [5.74, 6) is 0. The van der Waals surface area contributed by atoms with Crippen LogP contribution in [0.25, 0.3) is 0 Å². The third kappa shape index (κ3) is 3.05. The van der Waals surface area contributed by atoms with E-state index in [1.54, 1.807) is 0 Å². The number of aryl methyl sites for hydroxylation is 2. The lowest BCUT2D eigenvalue weighted by atomic mass is 10.1. The maximum Gasteiger partial charge on any atom is 0.0515 e. The van der Waals surface area contributed by atoms with Crippen molar-refractivity contribution < 1.29 is 5.11 Å². The van der Waals surface area contributed by atoms with Gasteiger partial charge < -0.3 is 5.11 Å². The third-order valence-corrected chi connectivity index (χ3v) is 1.93. The molecule has 0 fully saturated rings. The highest BCUT2D eigenvalue weighted by atomic mass is 16.3. The first kappa shape index (κ1) is 9.27. The molecule has 0 spiro atoms. The zero-order valence-electron chi connectivity index (χ0n) is 7.75. The summed E-state index contributed by atoms with van der Waals surface area (Å²) < 4.78 is 0. The van der Waals surface area contributed by atoms with Gasteiger partial charge in [0, 0.05) is 0 Å². The molecular weight excluding hydrogens is 148 g/mol. The summed E-state index contributed by atoms with van der Waals surface area (Å²) in [4.78, 5) is 0. The fourth-order valence-electron chi connectivity index (χ4n) is 1.24. The Kier molecular flexibility index (Phi) is 3.30. The molecule has 0 bridgehead atoms. The number of hydrogen-bond acceptors (Lipinski definition) is 1. The molecule has 0 unspecified atom stereocenters. The quantitative estimate of drug-likeness (QED) is 0.726. The maximum atomic E-state index is 9.08. The van der Waals surface area contributed by atoms with E-state index >= 15 is 0 Å². The van der Waals surface area contributed by atoms with Gasteiger partial charge in [0.15, 0.2) is 0 Å². The van der Waals surface area contributed by atoms with Gasteiger partial charge in [0.05, 0.1) is 6.10 Å². The van der Waals surface area contributed by atoms with Crippen LogP contribution in [0.5, 0.6) is 0 Å². The molecule has 0 radical (unpaired) electrons. The number of rotatable bonds is 3. The summed E-state index contributed by atoms with van der Waals surface area (Å²) in [6.07, 6.45) is 1.63. The Bertz CT molecular complexity index is 241. The first-order valence-electron chi connectivity index (χ1n) is 4.42. The molecule has 0 aliphatic heterocycles. The predicted octanol–water partition coefficient (Wildman–Crippen LogP) is 2.31. The normalized spacial score (nSPS) is 12.9. The van der Waals surface area contributed by atoms with Crippen molar-refractivity contribution in [2.24, 2.45) is 0 Å². The fourth-order valence-corrected chi connectivity index (χ4v) is 1.24. The largest absolute Gasteiger partial charge is 0.393 e. The van der Waals surface area contributed by atoms with Crippen molar-refractivity contribution in [3.8, 4) is 0 Å². The Morgan fingerprint density at radius 2 is 2.17 bits per heavy atom. The molecule has 0 amide bonds. The molecule has 0 saturated heterocycles. The second kappa shape index (κ2) is 4.27. The molecule has 1 aromatic carbocycles. The standard InChI is InChI=1S/C11H16O/c1-9-4-3-5-11(8-9)7-6-10(2)12/h3-5,8,10,12H,6-7H2,1-2H3/t10-/m0/s1. The Morgan fingerprint density at radius 3 is 2.75 bits per heavy atom. The van der Waals surface area contributed by atoms with Gasteiger partial charge in [0.25, 0.3) is 0 Å². The molecule has 12 heavy (non-hydrogen) atoms. The first-order valence-corrected chi connectivity index (χ1v) is 4.42. The van der Waals surface area contributed by atoms with E-state index in [1.165, 1.54) is 11.1 Å². The van der Waals surface area contributed by atoms with Gasteiger partial charge >= 0.3 is 0 Å². The number of aliphatic hydroxyl groups excluding tert-OH is 1. The fraction of sp³-hybridized carbons (Fsp3) is 0.455. The molecule has 0 aliphatic rings. The van der Waals surface area contributed by atoms with Crippen molar-refractivity contribution >= 4 is 0 Å². The predicted molar refractivity (Wildman–Crippen MR) is 51.2 cm³/mol. The SMILES string of the molecule is Cc1cccc(CC[C@H](C)O)c1. The van der Waals surface area contributed by atoms with Crippen LogP contribution in [0.15, 0.2) is 24.3 Å². The molecule has 66 valence electrons. The Morgan fingerprint density at radius 1 is 1.42 bits per heavy atom. The number of hydrogen-bond donors (Lipinski definition) is 1. The van der Waals surface area contributed by atoms with Crippen LogP contribution >= 0.6 is 0 Å². The number of aliphatic hydroxyl groups is 1. The molecule has 1 nitrogen and oxygen atoms in total. The summed E-state index contributed by atoms with van der Waals surface area (Å²) in [5.41, 5.74) is 2.61. The zero-order valence-corrected chi connectivity index (χ0v) is 7.75. The lowest BCUT2D eigenvalue weighted by Crippen LogP contribution is -2.01. The third-order valence-electron chi connectivity index (χ3n) is 1.93. The first-order chi connectivity index (χ1) is 5.68. The van der Waals surface area contributed by atoms with Crippen LogP contribution in [0.2, 0.25) is 0 Å². The van der Waals surface area contributed by atoms with Crippen LogP contribution in [0, 0.1) is 6.92 Å². The zero-order chi connectivity index (χ0) is 8.97. The smallest absolute Gasteiger partial charge is 0.0515 e. The van der Waals surface area contributed by atoms with E-state index in [4.69, 9.17) is 5.11 Å². The van der Waals surface area contributed by atoms with Crippen LogP contribution in [0.1, 0.15) is 24.5 Å². The van der Waals surface area contributed by atoms with Crippen LogP contribution in [0.4, 0.5) is 0 Å². The lowest BCUT2D eigenvalue weighted by Gasteiger charge is -2.04. The van der Waals surface area contributed by atoms with Crippen LogP contribution in [-0.2, 0) is 6.42 Å². The maximum absolute atomic E-state index is 9.08. The Balaban J connectivity index is 2.52. The van der Waals surface area contributed by atoms with Gasteiger partial charge in [-0.2, -0.15) is 0 Å². The van der Waals surface area contributed by atoms with Gasteiger partial charge in [-0.1, -0.05) is 29.8 Å². The van der Waals surface area contributed by atoms with E-state index in [-0.39, 0.29) is 6.10 Å². The highest BCUT2D eigenvalue weighted by Gasteiger charge is 1.97. The van der Waals surface area contributed by atoms with Crippen molar-refractivity contribution in [2.45, 2.75) is 32.8 Å². The topological polar surface area (TPSA) is 20.2 Å². The molecule has 1 N–H and O–H groups in total. The van der Waals surface area contributed by atoms with Crippen molar-refractivity contribution in [2.75, 3.05) is 0 Å². The summed E-state index contributed by atoms with van der Waals surface area (Å²) in [7, 11) is 0. The highest BCUT2D eigenvalue weighted by Crippen LogP contribution is 2.07.